The molecule has 0 radical (unpaired) electrons. The van der Waals surface area contributed by atoms with Crippen LogP contribution in [0.3, 0.4) is 0 Å². The average Bonchev–Trinajstić information content (AvgIpc) is 2.40. The summed E-state index contributed by atoms with van der Waals surface area (Å²) in [5.41, 5.74) is 1.07. The van der Waals surface area contributed by atoms with Crippen LogP contribution >= 0.6 is 11.6 Å². The van der Waals surface area contributed by atoms with Gasteiger partial charge in [0.25, 0.3) is 0 Å². The van der Waals surface area contributed by atoms with Crippen molar-refractivity contribution in [3.05, 3.63) is 53.3 Å². The Hall–Kier alpha value is -1.65. The van der Waals surface area contributed by atoms with Crippen LogP contribution in [-0.2, 0) is 11.3 Å². The van der Waals surface area contributed by atoms with E-state index in [2.05, 4.69) is 15.3 Å². The standard InChI is InChI=1S/C13H14ClN3O/c14-12-4-1-3-11(9-12)10-18-8-7-17-13-15-5-2-6-16-13/h1-6,9H,7-8,10H2,(H,15,16,17). The molecule has 0 aliphatic rings. The summed E-state index contributed by atoms with van der Waals surface area (Å²) in [6, 6.07) is 9.42. The van der Waals surface area contributed by atoms with Crippen LogP contribution in [0.2, 0.25) is 5.02 Å². The number of hydrogen-bond donors (Lipinski definition) is 1. The zero-order chi connectivity index (χ0) is 12.6. The molecule has 0 unspecified atom stereocenters. The molecule has 1 aromatic carbocycles. The Morgan fingerprint density at radius 1 is 1.17 bits per heavy atom. The Kier molecular flexibility index (Phi) is 4.93. The third-order valence-electron chi connectivity index (χ3n) is 2.25. The first kappa shape index (κ1) is 12.8. The predicted molar refractivity (Wildman–Crippen MR) is 71.6 cm³/mol. The molecule has 0 bridgehead atoms. The highest BCUT2D eigenvalue weighted by Crippen LogP contribution is 2.11. The van der Waals surface area contributed by atoms with Gasteiger partial charge in [0, 0.05) is 24.0 Å². The number of ether oxygens (including phenoxy) is 1. The normalized spacial score (nSPS) is 10.3. The average molecular weight is 264 g/mol. The van der Waals surface area contributed by atoms with Gasteiger partial charge in [-0.05, 0) is 23.8 Å². The lowest BCUT2D eigenvalue weighted by molar-refractivity contribution is 0.130. The highest BCUT2D eigenvalue weighted by atomic mass is 35.5. The molecule has 4 nitrogen and oxygen atoms in total. The largest absolute Gasteiger partial charge is 0.375 e. The number of hydrogen-bond acceptors (Lipinski definition) is 4. The first-order valence-corrected chi connectivity index (χ1v) is 6.05. The van der Waals surface area contributed by atoms with E-state index >= 15 is 0 Å². The summed E-state index contributed by atoms with van der Waals surface area (Å²) in [6.45, 7) is 1.81. The summed E-state index contributed by atoms with van der Waals surface area (Å²) in [5, 5.41) is 3.80. The van der Waals surface area contributed by atoms with E-state index < -0.39 is 0 Å². The molecule has 0 aliphatic carbocycles. The van der Waals surface area contributed by atoms with Gasteiger partial charge >= 0.3 is 0 Å². The second-order valence-corrected chi connectivity index (χ2v) is 4.12. The van der Waals surface area contributed by atoms with Gasteiger partial charge in [0.05, 0.1) is 13.2 Å². The van der Waals surface area contributed by atoms with E-state index in [0.29, 0.717) is 25.7 Å². The number of rotatable bonds is 6. The molecule has 0 atom stereocenters. The van der Waals surface area contributed by atoms with E-state index in [1.807, 2.05) is 24.3 Å². The molecule has 0 fully saturated rings. The summed E-state index contributed by atoms with van der Waals surface area (Å²) in [6.07, 6.45) is 3.39. The Morgan fingerprint density at radius 2 is 2.00 bits per heavy atom. The van der Waals surface area contributed by atoms with Gasteiger partial charge in [0.1, 0.15) is 0 Å². The van der Waals surface area contributed by atoms with Crippen molar-refractivity contribution >= 4 is 17.5 Å². The molecule has 5 heteroatoms. The lowest BCUT2D eigenvalue weighted by Crippen LogP contribution is -2.11. The van der Waals surface area contributed by atoms with Crippen LogP contribution < -0.4 is 5.32 Å². The van der Waals surface area contributed by atoms with Crippen molar-refractivity contribution in [3.8, 4) is 0 Å². The Bertz CT molecular complexity index is 479. The maximum atomic E-state index is 5.88. The van der Waals surface area contributed by atoms with Crippen LogP contribution in [0, 0.1) is 0 Å². The zero-order valence-electron chi connectivity index (χ0n) is 9.84. The lowest BCUT2D eigenvalue weighted by Gasteiger charge is -2.06. The van der Waals surface area contributed by atoms with Gasteiger partial charge in [0.2, 0.25) is 5.95 Å². The second-order valence-electron chi connectivity index (χ2n) is 3.68. The molecule has 18 heavy (non-hydrogen) atoms. The minimum absolute atomic E-state index is 0.553. The quantitative estimate of drug-likeness (QED) is 0.814. The topological polar surface area (TPSA) is 47.0 Å². The van der Waals surface area contributed by atoms with Gasteiger partial charge < -0.3 is 10.1 Å². The molecule has 0 aliphatic heterocycles. The summed E-state index contributed by atoms with van der Waals surface area (Å²) >= 11 is 5.88. The van der Waals surface area contributed by atoms with Gasteiger partial charge in [-0.2, -0.15) is 0 Å². The summed E-state index contributed by atoms with van der Waals surface area (Å²) in [4.78, 5) is 8.10. The zero-order valence-corrected chi connectivity index (χ0v) is 10.6. The molecule has 1 N–H and O–H groups in total. The molecule has 0 amide bonds. The maximum absolute atomic E-state index is 5.88. The third kappa shape index (κ3) is 4.31. The number of nitrogens with one attached hydrogen (secondary N) is 1. The van der Waals surface area contributed by atoms with Crippen molar-refractivity contribution in [3.63, 3.8) is 0 Å². The van der Waals surface area contributed by atoms with Crippen LogP contribution in [0.1, 0.15) is 5.56 Å². The van der Waals surface area contributed by atoms with Crippen molar-refractivity contribution in [1.29, 1.82) is 0 Å². The van der Waals surface area contributed by atoms with Crippen molar-refractivity contribution in [2.24, 2.45) is 0 Å². The van der Waals surface area contributed by atoms with Crippen molar-refractivity contribution in [2.45, 2.75) is 6.61 Å². The number of halogens is 1. The molecule has 0 saturated heterocycles. The predicted octanol–water partition coefficient (Wildman–Crippen LogP) is 2.76. The van der Waals surface area contributed by atoms with E-state index in [4.69, 9.17) is 16.3 Å². The smallest absolute Gasteiger partial charge is 0.222 e. The molecule has 0 spiro atoms. The Balaban J connectivity index is 1.65. The van der Waals surface area contributed by atoms with Gasteiger partial charge in [-0.1, -0.05) is 23.7 Å². The monoisotopic (exact) mass is 263 g/mol. The van der Waals surface area contributed by atoms with E-state index in [9.17, 15) is 0 Å². The van der Waals surface area contributed by atoms with Crippen LogP contribution in [-0.4, -0.2) is 23.1 Å². The summed E-state index contributed by atoms with van der Waals surface area (Å²) in [5.74, 6) is 0.615. The third-order valence-corrected chi connectivity index (χ3v) is 2.49. The first-order chi connectivity index (χ1) is 8.84. The minimum Gasteiger partial charge on any atom is -0.375 e. The van der Waals surface area contributed by atoms with Gasteiger partial charge in [-0.3, -0.25) is 0 Å². The minimum atomic E-state index is 0.553. The highest BCUT2D eigenvalue weighted by molar-refractivity contribution is 6.30. The van der Waals surface area contributed by atoms with E-state index in [1.54, 1.807) is 18.5 Å². The molecule has 1 aromatic heterocycles. The lowest BCUT2D eigenvalue weighted by atomic mass is 10.2. The van der Waals surface area contributed by atoms with E-state index in [-0.39, 0.29) is 0 Å². The Labute approximate surface area is 111 Å². The van der Waals surface area contributed by atoms with Crippen LogP contribution in [0.15, 0.2) is 42.7 Å². The highest BCUT2D eigenvalue weighted by Gasteiger charge is 1.95. The number of anilines is 1. The molecule has 0 saturated carbocycles. The molecule has 94 valence electrons. The fourth-order valence-corrected chi connectivity index (χ4v) is 1.66. The summed E-state index contributed by atoms with van der Waals surface area (Å²) in [7, 11) is 0. The fraction of sp³-hybridized carbons (Fsp3) is 0.231. The van der Waals surface area contributed by atoms with Crippen LogP contribution in [0.25, 0.3) is 0 Å². The molecule has 2 rings (SSSR count). The first-order valence-electron chi connectivity index (χ1n) is 5.68. The van der Waals surface area contributed by atoms with Gasteiger partial charge in [-0.25, -0.2) is 9.97 Å². The molecular formula is C13H14ClN3O. The van der Waals surface area contributed by atoms with E-state index in [1.165, 1.54) is 0 Å². The second kappa shape index (κ2) is 6.93. The molecule has 2 aromatic rings. The summed E-state index contributed by atoms with van der Waals surface area (Å²) < 4.78 is 5.52. The SMILES string of the molecule is Clc1cccc(COCCNc2ncccn2)c1. The van der Waals surface area contributed by atoms with Crippen LogP contribution in [0.4, 0.5) is 5.95 Å². The number of aromatic nitrogens is 2. The van der Waals surface area contributed by atoms with Gasteiger partial charge in [-0.15, -0.1) is 0 Å². The molecular weight excluding hydrogens is 250 g/mol. The van der Waals surface area contributed by atoms with Crippen molar-refractivity contribution in [2.75, 3.05) is 18.5 Å². The van der Waals surface area contributed by atoms with Crippen molar-refractivity contribution < 1.29 is 4.74 Å². The van der Waals surface area contributed by atoms with Crippen molar-refractivity contribution in [1.82, 2.24) is 9.97 Å². The number of benzene rings is 1. The van der Waals surface area contributed by atoms with Crippen LogP contribution in [0.5, 0.6) is 0 Å². The molecule has 1 heterocycles. The fourth-order valence-electron chi connectivity index (χ4n) is 1.44. The Morgan fingerprint density at radius 3 is 2.78 bits per heavy atom. The number of nitrogens with zero attached hydrogens (tertiary/aromatic N) is 2. The maximum Gasteiger partial charge on any atom is 0.222 e. The van der Waals surface area contributed by atoms with E-state index in [0.717, 1.165) is 10.6 Å². The van der Waals surface area contributed by atoms with Gasteiger partial charge in [0.15, 0.2) is 0 Å².